The third kappa shape index (κ3) is 2.20. The first kappa shape index (κ1) is 9.51. The number of hydrogen-bond acceptors (Lipinski definition) is 3. The molecule has 1 atom stereocenters. The van der Waals surface area contributed by atoms with Crippen LogP contribution in [0.15, 0.2) is 0 Å². The fourth-order valence-electron chi connectivity index (χ4n) is 0.934. The molecule has 0 bridgehead atoms. The van der Waals surface area contributed by atoms with Crippen LogP contribution in [0, 0.1) is 5.92 Å². The maximum Gasteiger partial charge on any atom is 0.235 e. The Morgan fingerprint density at radius 3 is 2.42 bits per heavy atom. The van der Waals surface area contributed by atoms with Gasteiger partial charge in [-0.05, 0) is 25.7 Å². The van der Waals surface area contributed by atoms with Crippen LogP contribution in [0.5, 0.6) is 0 Å². The number of amides is 1. The van der Waals surface area contributed by atoms with E-state index in [0.717, 1.165) is 12.8 Å². The second kappa shape index (κ2) is 3.05. The number of primary amides is 1. The van der Waals surface area contributed by atoms with E-state index in [1.807, 2.05) is 0 Å². The second-order valence-corrected chi connectivity index (χ2v) is 5.68. The van der Waals surface area contributed by atoms with Crippen LogP contribution in [0.3, 0.4) is 0 Å². The van der Waals surface area contributed by atoms with Gasteiger partial charge in [-0.25, -0.2) is 8.42 Å². The normalized spacial score (nSPS) is 20.4. The van der Waals surface area contributed by atoms with Crippen LogP contribution in [0.4, 0.5) is 0 Å². The average Bonchev–Trinajstić information content (AvgIpc) is 2.69. The van der Waals surface area contributed by atoms with Crippen molar-refractivity contribution in [1.29, 1.82) is 0 Å². The summed E-state index contributed by atoms with van der Waals surface area (Å²) in [6, 6.07) is 0. The van der Waals surface area contributed by atoms with Crippen LogP contribution in [0.1, 0.15) is 19.8 Å². The molecule has 2 N–H and O–H groups in total. The molecule has 1 amide bonds. The molecule has 70 valence electrons. The van der Waals surface area contributed by atoms with Crippen LogP contribution in [0.2, 0.25) is 0 Å². The fourth-order valence-corrected chi connectivity index (χ4v) is 2.57. The van der Waals surface area contributed by atoms with Crippen molar-refractivity contribution >= 4 is 15.7 Å². The summed E-state index contributed by atoms with van der Waals surface area (Å²) in [6.45, 7) is 1.35. The summed E-state index contributed by atoms with van der Waals surface area (Å²) >= 11 is 0. The third-order valence-corrected chi connectivity index (χ3v) is 4.35. The first-order chi connectivity index (χ1) is 5.43. The molecular weight excluding hydrogens is 178 g/mol. The Bertz CT molecular complexity index is 279. The second-order valence-electron chi connectivity index (χ2n) is 3.32. The standard InChI is InChI=1S/C7H13NO3S/c1-5(7(8)9)12(10,11)4-6-2-3-6/h5-6H,2-4H2,1H3,(H2,8,9). The summed E-state index contributed by atoms with van der Waals surface area (Å²) in [7, 11) is -3.27. The summed E-state index contributed by atoms with van der Waals surface area (Å²) in [5.74, 6) is -0.357. The predicted octanol–water partition coefficient (Wildman–Crippen LogP) is -0.315. The van der Waals surface area contributed by atoms with Gasteiger partial charge < -0.3 is 5.73 Å². The van der Waals surface area contributed by atoms with Crippen LogP contribution >= 0.6 is 0 Å². The lowest BCUT2D eigenvalue weighted by Crippen LogP contribution is -2.35. The van der Waals surface area contributed by atoms with E-state index >= 15 is 0 Å². The minimum atomic E-state index is -3.27. The van der Waals surface area contributed by atoms with Gasteiger partial charge >= 0.3 is 0 Å². The van der Waals surface area contributed by atoms with E-state index in [0.29, 0.717) is 0 Å². The zero-order chi connectivity index (χ0) is 9.35. The number of sulfone groups is 1. The molecule has 1 aliphatic rings. The quantitative estimate of drug-likeness (QED) is 0.661. The number of hydrogen-bond donors (Lipinski definition) is 1. The SMILES string of the molecule is CC(C(N)=O)S(=O)(=O)CC1CC1. The smallest absolute Gasteiger partial charge is 0.235 e. The lowest BCUT2D eigenvalue weighted by molar-refractivity contribution is -0.117. The Morgan fingerprint density at radius 2 is 2.08 bits per heavy atom. The van der Waals surface area contributed by atoms with Crippen molar-refractivity contribution < 1.29 is 13.2 Å². The van der Waals surface area contributed by atoms with Crippen LogP contribution in [0.25, 0.3) is 0 Å². The van der Waals surface area contributed by atoms with E-state index in [-0.39, 0.29) is 11.7 Å². The van der Waals surface area contributed by atoms with Crippen LogP contribution in [-0.2, 0) is 14.6 Å². The summed E-state index contributed by atoms with van der Waals surface area (Å²) in [4.78, 5) is 10.6. The van der Waals surface area contributed by atoms with Crippen molar-refractivity contribution in [1.82, 2.24) is 0 Å². The highest BCUT2D eigenvalue weighted by molar-refractivity contribution is 7.92. The maximum atomic E-state index is 11.3. The molecule has 0 aromatic rings. The molecule has 1 rings (SSSR count). The lowest BCUT2D eigenvalue weighted by atomic mass is 10.5. The molecule has 12 heavy (non-hydrogen) atoms. The number of rotatable bonds is 4. The van der Waals surface area contributed by atoms with E-state index in [2.05, 4.69) is 0 Å². The molecule has 0 radical (unpaired) electrons. The molecule has 1 unspecified atom stereocenters. The molecular formula is C7H13NO3S. The van der Waals surface area contributed by atoms with Gasteiger partial charge in [0.05, 0.1) is 5.75 Å². The Balaban J connectivity index is 2.62. The first-order valence-corrected chi connectivity index (χ1v) is 5.66. The number of carbonyl (C=O) groups is 1. The highest BCUT2D eigenvalue weighted by atomic mass is 32.2. The van der Waals surface area contributed by atoms with Crippen molar-refractivity contribution in [2.45, 2.75) is 25.0 Å². The Kier molecular flexibility index (Phi) is 2.41. The van der Waals surface area contributed by atoms with E-state index in [1.165, 1.54) is 6.92 Å². The van der Waals surface area contributed by atoms with Gasteiger partial charge in [0, 0.05) is 0 Å². The molecule has 4 nitrogen and oxygen atoms in total. The topological polar surface area (TPSA) is 77.2 Å². The Hall–Kier alpha value is -0.580. The highest BCUT2D eigenvalue weighted by Gasteiger charge is 2.33. The first-order valence-electron chi connectivity index (χ1n) is 3.94. The number of carbonyl (C=O) groups excluding carboxylic acids is 1. The Morgan fingerprint density at radius 1 is 1.58 bits per heavy atom. The molecule has 1 fully saturated rings. The van der Waals surface area contributed by atoms with E-state index in [9.17, 15) is 13.2 Å². The van der Waals surface area contributed by atoms with Crippen molar-refractivity contribution in [3.8, 4) is 0 Å². The fraction of sp³-hybridized carbons (Fsp3) is 0.857. The summed E-state index contributed by atoms with van der Waals surface area (Å²) < 4.78 is 22.6. The Labute approximate surface area is 72.0 Å². The van der Waals surface area contributed by atoms with Crippen molar-refractivity contribution in [2.24, 2.45) is 11.7 Å². The van der Waals surface area contributed by atoms with Crippen LogP contribution < -0.4 is 5.73 Å². The lowest BCUT2D eigenvalue weighted by Gasteiger charge is -2.07. The van der Waals surface area contributed by atoms with Gasteiger partial charge in [0.15, 0.2) is 9.84 Å². The van der Waals surface area contributed by atoms with Crippen molar-refractivity contribution in [3.05, 3.63) is 0 Å². The van der Waals surface area contributed by atoms with Crippen molar-refractivity contribution in [3.63, 3.8) is 0 Å². The number of nitrogens with two attached hydrogens (primary N) is 1. The largest absolute Gasteiger partial charge is 0.369 e. The molecule has 0 saturated heterocycles. The van der Waals surface area contributed by atoms with E-state index < -0.39 is 21.0 Å². The van der Waals surface area contributed by atoms with E-state index in [1.54, 1.807) is 0 Å². The third-order valence-electron chi connectivity index (χ3n) is 2.10. The zero-order valence-corrected chi connectivity index (χ0v) is 7.80. The molecule has 0 aliphatic heterocycles. The van der Waals surface area contributed by atoms with Gasteiger partial charge in [-0.1, -0.05) is 0 Å². The van der Waals surface area contributed by atoms with Gasteiger partial charge in [0.1, 0.15) is 5.25 Å². The maximum absolute atomic E-state index is 11.3. The molecule has 1 saturated carbocycles. The van der Waals surface area contributed by atoms with Crippen molar-refractivity contribution in [2.75, 3.05) is 5.75 Å². The molecule has 5 heteroatoms. The monoisotopic (exact) mass is 191 g/mol. The van der Waals surface area contributed by atoms with Crippen LogP contribution in [-0.4, -0.2) is 25.3 Å². The van der Waals surface area contributed by atoms with Gasteiger partial charge in [0.2, 0.25) is 5.91 Å². The average molecular weight is 191 g/mol. The predicted molar refractivity (Wildman–Crippen MR) is 45.2 cm³/mol. The minimum absolute atomic E-state index is 0.122. The molecule has 0 spiro atoms. The summed E-state index contributed by atoms with van der Waals surface area (Å²) in [5.41, 5.74) is 4.90. The van der Waals surface area contributed by atoms with Gasteiger partial charge in [-0.3, -0.25) is 4.79 Å². The van der Waals surface area contributed by atoms with E-state index in [4.69, 9.17) is 5.73 Å². The highest BCUT2D eigenvalue weighted by Crippen LogP contribution is 2.31. The molecule has 0 heterocycles. The molecule has 0 aromatic carbocycles. The van der Waals surface area contributed by atoms with Gasteiger partial charge in [-0.2, -0.15) is 0 Å². The summed E-state index contributed by atoms with van der Waals surface area (Å²) in [5, 5.41) is -1.03. The van der Waals surface area contributed by atoms with Gasteiger partial charge in [0.25, 0.3) is 0 Å². The summed E-state index contributed by atoms with van der Waals surface area (Å²) in [6.07, 6.45) is 1.93. The zero-order valence-electron chi connectivity index (χ0n) is 6.99. The van der Waals surface area contributed by atoms with Gasteiger partial charge in [-0.15, -0.1) is 0 Å². The minimum Gasteiger partial charge on any atom is -0.369 e. The molecule has 0 aromatic heterocycles. The molecule has 1 aliphatic carbocycles.